The highest BCUT2D eigenvalue weighted by molar-refractivity contribution is 9.10. The van der Waals surface area contributed by atoms with Gasteiger partial charge in [0.05, 0.1) is 0 Å². The molecule has 3 aromatic rings. The summed E-state index contributed by atoms with van der Waals surface area (Å²) in [6.45, 7) is 3.91. The number of amides is 2. The van der Waals surface area contributed by atoms with E-state index in [0.717, 1.165) is 21.2 Å². The van der Waals surface area contributed by atoms with E-state index in [9.17, 15) is 9.59 Å². The Balaban J connectivity index is 1.88. The van der Waals surface area contributed by atoms with Crippen molar-refractivity contribution in [3.8, 4) is 0 Å². The number of carbonyl (C=O) groups excluding carboxylic acids is 2. The molecule has 29 heavy (non-hydrogen) atoms. The predicted octanol–water partition coefficient (Wildman–Crippen LogP) is 5.48. The van der Waals surface area contributed by atoms with Crippen molar-refractivity contribution < 1.29 is 9.59 Å². The fraction of sp³-hybridized carbons (Fsp3) is 0.0833. The van der Waals surface area contributed by atoms with Crippen molar-refractivity contribution in [3.63, 3.8) is 0 Å². The van der Waals surface area contributed by atoms with Crippen LogP contribution in [-0.2, 0) is 4.79 Å². The van der Waals surface area contributed by atoms with Gasteiger partial charge < -0.3 is 10.6 Å². The van der Waals surface area contributed by atoms with Crippen LogP contribution in [0.1, 0.15) is 27.0 Å². The Morgan fingerprint density at radius 1 is 0.862 bits per heavy atom. The second-order valence-corrected chi connectivity index (χ2v) is 7.67. The van der Waals surface area contributed by atoms with Crippen molar-refractivity contribution >= 4 is 39.5 Å². The Hall–Kier alpha value is -3.18. The second kappa shape index (κ2) is 9.34. The number of halogens is 1. The summed E-state index contributed by atoms with van der Waals surface area (Å²) in [7, 11) is 0. The summed E-state index contributed by atoms with van der Waals surface area (Å²) in [5.41, 5.74) is 4.21. The Morgan fingerprint density at radius 3 is 2.21 bits per heavy atom. The highest BCUT2D eigenvalue weighted by Crippen LogP contribution is 2.15. The van der Waals surface area contributed by atoms with Gasteiger partial charge in [-0.25, -0.2) is 0 Å². The highest BCUT2D eigenvalue weighted by Gasteiger charge is 2.15. The fourth-order valence-electron chi connectivity index (χ4n) is 2.70. The zero-order chi connectivity index (χ0) is 20.8. The van der Waals surface area contributed by atoms with Crippen LogP contribution in [0.25, 0.3) is 6.08 Å². The van der Waals surface area contributed by atoms with Gasteiger partial charge >= 0.3 is 0 Å². The Bertz CT molecular complexity index is 1050. The number of anilines is 1. The molecule has 146 valence electrons. The predicted molar refractivity (Wildman–Crippen MR) is 121 cm³/mol. The molecule has 5 heteroatoms. The third-order valence-electron chi connectivity index (χ3n) is 4.26. The van der Waals surface area contributed by atoms with Crippen LogP contribution in [0.3, 0.4) is 0 Å². The van der Waals surface area contributed by atoms with E-state index in [0.29, 0.717) is 11.3 Å². The van der Waals surface area contributed by atoms with Crippen LogP contribution in [0.2, 0.25) is 0 Å². The van der Waals surface area contributed by atoms with Crippen LogP contribution >= 0.6 is 15.9 Å². The highest BCUT2D eigenvalue weighted by atomic mass is 79.9. The van der Waals surface area contributed by atoms with E-state index in [-0.39, 0.29) is 17.5 Å². The van der Waals surface area contributed by atoms with Crippen LogP contribution in [0.15, 0.2) is 83.0 Å². The van der Waals surface area contributed by atoms with Gasteiger partial charge in [-0.3, -0.25) is 9.59 Å². The van der Waals surface area contributed by atoms with Crippen LogP contribution in [0.4, 0.5) is 5.69 Å². The molecule has 4 nitrogen and oxygen atoms in total. The molecule has 0 aliphatic heterocycles. The minimum absolute atomic E-state index is 0.166. The van der Waals surface area contributed by atoms with Gasteiger partial charge in [0, 0.05) is 15.7 Å². The molecule has 0 saturated carbocycles. The average molecular weight is 449 g/mol. The van der Waals surface area contributed by atoms with Crippen LogP contribution < -0.4 is 10.6 Å². The summed E-state index contributed by atoms with van der Waals surface area (Å²) in [6, 6.07) is 22.2. The third-order valence-corrected chi connectivity index (χ3v) is 4.79. The molecule has 0 saturated heterocycles. The molecule has 0 aliphatic carbocycles. The van der Waals surface area contributed by atoms with Gasteiger partial charge in [0.2, 0.25) is 0 Å². The van der Waals surface area contributed by atoms with Crippen LogP contribution in [0.5, 0.6) is 0 Å². The quantitative estimate of drug-likeness (QED) is 0.507. The van der Waals surface area contributed by atoms with Crippen molar-refractivity contribution in [2.45, 2.75) is 13.8 Å². The maximum absolute atomic E-state index is 12.9. The van der Waals surface area contributed by atoms with Gasteiger partial charge in [0.1, 0.15) is 5.70 Å². The largest absolute Gasteiger partial charge is 0.321 e. The van der Waals surface area contributed by atoms with Gasteiger partial charge in [-0.05, 0) is 67.4 Å². The molecule has 2 amide bonds. The topological polar surface area (TPSA) is 58.2 Å². The van der Waals surface area contributed by atoms with Gasteiger partial charge in [0.15, 0.2) is 0 Å². The van der Waals surface area contributed by atoms with Crippen molar-refractivity contribution in [2.75, 3.05) is 5.32 Å². The van der Waals surface area contributed by atoms with Crippen molar-refractivity contribution in [1.82, 2.24) is 5.32 Å². The van der Waals surface area contributed by atoms with Gasteiger partial charge in [-0.15, -0.1) is 0 Å². The van der Waals surface area contributed by atoms with Crippen molar-refractivity contribution in [2.24, 2.45) is 0 Å². The molecule has 0 spiro atoms. The van der Waals surface area contributed by atoms with E-state index in [1.165, 1.54) is 0 Å². The van der Waals surface area contributed by atoms with Crippen molar-refractivity contribution in [3.05, 3.63) is 105 Å². The number of aryl methyl sites for hydroxylation is 2. The lowest BCUT2D eigenvalue weighted by molar-refractivity contribution is -0.113. The SMILES string of the molecule is Cc1ccc(C(=O)NC(=Cc2ccc(Br)cc2)C(=O)Nc2cccc(C)c2)cc1. The van der Waals surface area contributed by atoms with E-state index < -0.39 is 0 Å². The zero-order valence-electron chi connectivity index (χ0n) is 16.2. The summed E-state index contributed by atoms with van der Waals surface area (Å²) < 4.78 is 0.934. The normalized spacial score (nSPS) is 11.1. The standard InChI is InChI=1S/C24H21BrN2O2/c1-16-6-10-19(11-7-16)23(28)27-22(15-18-8-12-20(25)13-9-18)24(29)26-21-5-3-4-17(2)14-21/h3-15H,1-2H3,(H,26,29)(H,27,28). The van der Waals surface area contributed by atoms with E-state index in [1.807, 2.05) is 74.5 Å². The smallest absolute Gasteiger partial charge is 0.272 e. The number of rotatable bonds is 5. The molecule has 3 rings (SSSR count). The van der Waals surface area contributed by atoms with Crippen molar-refractivity contribution in [1.29, 1.82) is 0 Å². The Morgan fingerprint density at radius 2 is 1.55 bits per heavy atom. The fourth-order valence-corrected chi connectivity index (χ4v) is 2.97. The molecule has 0 aliphatic rings. The minimum atomic E-state index is -0.390. The van der Waals surface area contributed by atoms with E-state index in [4.69, 9.17) is 0 Å². The minimum Gasteiger partial charge on any atom is -0.321 e. The number of hydrogen-bond donors (Lipinski definition) is 2. The molecule has 2 N–H and O–H groups in total. The lowest BCUT2D eigenvalue weighted by Gasteiger charge is -2.12. The number of hydrogen-bond acceptors (Lipinski definition) is 2. The monoisotopic (exact) mass is 448 g/mol. The third kappa shape index (κ3) is 5.90. The van der Waals surface area contributed by atoms with Gasteiger partial charge in [0.25, 0.3) is 11.8 Å². The Kier molecular flexibility index (Phi) is 6.62. The van der Waals surface area contributed by atoms with Crippen LogP contribution in [-0.4, -0.2) is 11.8 Å². The first-order chi connectivity index (χ1) is 13.9. The number of nitrogens with one attached hydrogen (secondary N) is 2. The molecule has 0 aromatic heterocycles. The van der Waals surface area contributed by atoms with Crippen LogP contribution in [0, 0.1) is 13.8 Å². The second-order valence-electron chi connectivity index (χ2n) is 6.75. The molecule has 0 heterocycles. The molecular weight excluding hydrogens is 428 g/mol. The van der Waals surface area contributed by atoms with E-state index >= 15 is 0 Å². The van der Waals surface area contributed by atoms with E-state index in [1.54, 1.807) is 18.2 Å². The first kappa shape index (κ1) is 20.6. The average Bonchev–Trinajstić information content (AvgIpc) is 2.69. The zero-order valence-corrected chi connectivity index (χ0v) is 17.8. The van der Waals surface area contributed by atoms with E-state index in [2.05, 4.69) is 26.6 Å². The number of carbonyl (C=O) groups is 2. The summed E-state index contributed by atoms with van der Waals surface area (Å²) in [4.78, 5) is 25.6. The molecule has 0 bridgehead atoms. The summed E-state index contributed by atoms with van der Waals surface area (Å²) >= 11 is 3.40. The lowest BCUT2D eigenvalue weighted by Crippen LogP contribution is -2.30. The van der Waals surface area contributed by atoms with Gasteiger partial charge in [-0.2, -0.15) is 0 Å². The molecule has 0 fully saturated rings. The number of benzene rings is 3. The molecule has 0 atom stereocenters. The molecule has 0 radical (unpaired) electrons. The summed E-state index contributed by atoms with van der Waals surface area (Å²) in [5, 5.41) is 5.60. The maximum Gasteiger partial charge on any atom is 0.272 e. The summed E-state index contributed by atoms with van der Waals surface area (Å²) in [5.74, 6) is -0.730. The molecular formula is C24H21BrN2O2. The maximum atomic E-state index is 12.9. The summed E-state index contributed by atoms with van der Waals surface area (Å²) in [6.07, 6.45) is 1.66. The Labute approximate surface area is 178 Å². The molecule has 3 aromatic carbocycles. The van der Waals surface area contributed by atoms with Gasteiger partial charge in [-0.1, -0.05) is 57.9 Å². The first-order valence-electron chi connectivity index (χ1n) is 9.14. The molecule has 0 unspecified atom stereocenters. The lowest BCUT2D eigenvalue weighted by atomic mass is 10.1. The first-order valence-corrected chi connectivity index (χ1v) is 9.93.